The number of fused-ring (bicyclic) bond motifs is 15. The molecule has 0 aliphatic rings. The van der Waals surface area contributed by atoms with Crippen molar-refractivity contribution >= 4 is 109 Å². The molecule has 12 heterocycles. The maximum absolute atomic E-state index is 4.41. The predicted molar refractivity (Wildman–Crippen MR) is 411 cm³/mol. The Balaban J connectivity index is 0.000000113. The van der Waals surface area contributed by atoms with E-state index in [-0.39, 0.29) is 0 Å². The van der Waals surface area contributed by atoms with Crippen LogP contribution in [0.4, 0.5) is 0 Å². The Morgan fingerprint density at radius 1 is 0.204 bits per heavy atom. The highest BCUT2D eigenvalue weighted by Gasteiger charge is 2.10. The monoisotopic (exact) mass is 1280 g/mol. The third kappa shape index (κ3) is 15.9. The molecule has 0 atom stereocenters. The summed E-state index contributed by atoms with van der Waals surface area (Å²) >= 11 is 0. The average Bonchev–Trinajstić information content (AvgIpc) is 1.67. The second-order valence-corrected chi connectivity index (χ2v) is 23.6. The zero-order valence-corrected chi connectivity index (χ0v) is 57.0. The fraction of sp³-hybridized carbons (Fsp3) is 0.105. The highest BCUT2D eigenvalue weighted by atomic mass is 15.0. The Kier molecular flexibility index (Phi) is 22.3. The van der Waals surface area contributed by atoms with E-state index in [4.69, 9.17) is 0 Å². The molecular formula is C86H80N12. The Bertz CT molecular complexity index is 4630. The number of para-hydroxylation sites is 6. The van der Waals surface area contributed by atoms with Gasteiger partial charge in [-0.1, -0.05) is 157 Å². The second-order valence-electron chi connectivity index (χ2n) is 23.6. The lowest BCUT2D eigenvalue weighted by Gasteiger charge is -1.95. The number of hydrogen-bond donors (Lipinski definition) is 0. The molecule has 0 aliphatic carbocycles. The minimum absolute atomic E-state index is 1.05. The molecule has 19 aromatic rings. The molecule has 0 aliphatic heterocycles. The van der Waals surface area contributed by atoms with E-state index in [1.807, 2.05) is 137 Å². The minimum atomic E-state index is 1.05. The maximum Gasteiger partial charge on any atom is 0.140 e. The number of aromatic nitrogens is 12. The number of rotatable bonds is 0. The topological polar surface area (TPSA) is 115 Å². The van der Waals surface area contributed by atoms with E-state index >= 15 is 0 Å². The summed E-state index contributed by atoms with van der Waals surface area (Å²) in [6, 6.07) is 86.9. The smallest absolute Gasteiger partial charge is 0.140 e. The normalized spacial score (nSPS) is 10.5. The third-order valence-electron chi connectivity index (χ3n) is 17.0. The van der Waals surface area contributed by atoms with Crippen LogP contribution in [0.15, 0.2) is 323 Å². The number of nitrogens with zero attached hydrogens (tertiary/aromatic N) is 12. The molecule has 0 radical (unpaired) electrons. The molecule has 0 saturated heterocycles. The van der Waals surface area contributed by atoms with E-state index in [0.717, 1.165) is 16.9 Å². The van der Waals surface area contributed by atoms with Crippen LogP contribution in [0.5, 0.6) is 0 Å². The van der Waals surface area contributed by atoms with E-state index in [1.165, 1.54) is 115 Å². The van der Waals surface area contributed by atoms with E-state index in [2.05, 4.69) is 282 Å². The third-order valence-corrected chi connectivity index (χ3v) is 17.0. The van der Waals surface area contributed by atoms with Crippen LogP contribution in [0, 0.1) is 27.7 Å². The van der Waals surface area contributed by atoms with Crippen molar-refractivity contribution in [1.29, 1.82) is 0 Å². The van der Waals surface area contributed by atoms with Crippen LogP contribution < -0.4 is 0 Å². The SMILES string of the molecule is Cc1ccccc1.Cc1ccccn1.Cc1cccnc1.Cc1ccncc1.Cn1c2ccccc2c2ccccc21.Cn1c2ccccc2c2cccnc21.Cn1c2ccccc2c2ccncc21.Cn1c2ccccc2c2cnccc21.Cn1c2ccccc2c2ncccc21. The van der Waals surface area contributed by atoms with Gasteiger partial charge in [-0.05, 0) is 142 Å². The van der Waals surface area contributed by atoms with Crippen molar-refractivity contribution in [2.45, 2.75) is 27.7 Å². The zero-order valence-electron chi connectivity index (χ0n) is 57.0. The van der Waals surface area contributed by atoms with Gasteiger partial charge in [-0.15, -0.1) is 0 Å². The number of hydrogen-bond acceptors (Lipinski definition) is 7. The zero-order chi connectivity index (χ0) is 68.2. The molecule has 0 saturated carbocycles. The van der Waals surface area contributed by atoms with Crippen LogP contribution in [-0.4, -0.2) is 57.7 Å². The summed E-state index contributed by atoms with van der Waals surface area (Å²) < 4.78 is 10.9. The second kappa shape index (κ2) is 32.6. The average molecular weight is 1280 g/mol. The largest absolute Gasteiger partial charge is 0.344 e. The first-order chi connectivity index (χ1) is 48.0. The highest BCUT2D eigenvalue weighted by Crippen LogP contribution is 2.31. The van der Waals surface area contributed by atoms with Crippen molar-refractivity contribution in [3.63, 3.8) is 0 Å². The fourth-order valence-electron chi connectivity index (χ4n) is 11.9. The van der Waals surface area contributed by atoms with Gasteiger partial charge < -0.3 is 22.8 Å². The van der Waals surface area contributed by atoms with Crippen LogP contribution in [0.25, 0.3) is 109 Å². The van der Waals surface area contributed by atoms with Gasteiger partial charge in [0.1, 0.15) is 5.65 Å². The number of benzene rings is 7. The minimum Gasteiger partial charge on any atom is -0.344 e. The fourth-order valence-corrected chi connectivity index (χ4v) is 11.9. The molecule has 98 heavy (non-hydrogen) atoms. The molecule has 12 aromatic heterocycles. The molecule has 7 aromatic carbocycles. The van der Waals surface area contributed by atoms with E-state index < -0.39 is 0 Å². The van der Waals surface area contributed by atoms with Crippen molar-refractivity contribution in [1.82, 2.24) is 57.7 Å². The van der Waals surface area contributed by atoms with Crippen LogP contribution in [-0.2, 0) is 35.2 Å². The molecule has 19 rings (SSSR count). The van der Waals surface area contributed by atoms with Crippen molar-refractivity contribution in [2.75, 3.05) is 0 Å². The molecule has 0 fully saturated rings. The van der Waals surface area contributed by atoms with Crippen LogP contribution in [0.1, 0.15) is 22.4 Å². The Hall–Kier alpha value is -12.4. The lowest BCUT2D eigenvalue weighted by molar-refractivity contribution is 0.990. The van der Waals surface area contributed by atoms with Gasteiger partial charge in [0, 0.05) is 173 Å². The molecule has 12 nitrogen and oxygen atoms in total. The van der Waals surface area contributed by atoms with E-state index in [1.54, 1.807) is 24.8 Å². The standard InChI is InChI=1S/C13H11N.4C12H10N2.C7H8.3C6H7N/c1-14-12-8-4-2-6-10(12)11-7-3-5-9-13(11)14;1-14-11-7-3-2-5-9(11)10-6-4-8-13-12(10)14;1-14-10-6-3-2-5-9(10)12-11(14)7-4-8-13-12;1-14-11-5-3-2-4-9(11)10-8-13-7-6-12(10)14;1-14-11-5-3-2-4-9(11)10-6-7-13-8-12(10)14;1-7-5-3-2-4-6-7;1-6-2-4-7-5-3-6;1-6-3-2-4-7-5-6;1-6-4-2-3-5-7-6/h2-9H,1H3;4*2-8H,1H3;2-6H,1H3;3*2-5H,1H3. The summed E-state index contributed by atoms with van der Waals surface area (Å²) in [4.78, 5) is 28.8. The van der Waals surface area contributed by atoms with Gasteiger partial charge in [0.15, 0.2) is 0 Å². The molecule has 12 heteroatoms. The predicted octanol–water partition coefficient (Wildman–Crippen LogP) is 20.4. The van der Waals surface area contributed by atoms with Gasteiger partial charge >= 0.3 is 0 Å². The number of aryl methyl sites for hydroxylation is 9. The Morgan fingerprint density at radius 3 is 1.06 bits per heavy atom. The van der Waals surface area contributed by atoms with Gasteiger partial charge in [0.05, 0.1) is 39.3 Å². The maximum atomic E-state index is 4.41. The lowest BCUT2D eigenvalue weighted by Crippen LogP contribution is -1.87. The Labute approximate surface area is 572 Å². The summed E-state index contributed by atoms with van der Waals surface area (Å²) in [6.07, 6.45) is 20.2. The van der Waals surface area contributed by atoms with Crippen LogP contribution >= 0.6 is 0 Å². The lowest BCUT2D eigenvalue weighted by atomic mass is 10.2. The van der Waals surface area contributed by atoms with Gasteiger partial charge in [0.25, 0.3) is 0 Å². The summed E-state index contributed by atoms with van der Waals surface area (Å²) in [7, 11) is 10.4. The summed E-state index contributed by atoms with van der Waals surface area (Å²) in [5.41, 5.74) is 18.2. The molecule has 0 bridgehead atoms. The highest BCUT2D eigenvalue weighted by molar-refractivity contribution is 6.10. The van der Waals surface area contributed by atoms with E-state index in [0.29, 0.717) is 0 Å². The Morgan fingerprint density at radius 2 is 0.571 bits per heavy atom. The van der Waals surface area contributed by atoms with Gasteiger partial charge in [-0.25, -0.2) is 4.98 Å². The van der Waals surface area contributed by atoms with Gasteiger partial charge in [0.2, 0.25) is 0 Å². The summed E-state index contributed by atoms with van der Waals surface area (Å²) in [5, 5.41) is 11.5. The molecule has 0 unspecified atom stereocenters. The molecule has 0 spiro atoms. The molecule has 484 valence electrons. The molecule has 0 amide bonds. The summed E-state index contributed by atoms with van der Waals surface area (Å²) in [6.45, 7) is 8.12. The quantitative estimate of drug-likeness (QED) is 0.148. The van der Waals surface area contributed by atoms with E-state index in [9.17, 15) is 0 Å². The first-order valence-electron chi connectivity index (χ1n) is 32.6. The van der Waals surface area contributed by atoms with Gasteiger partial charge in [-0.3, -0.25) is 29.9 Å². The number of pyridine rings is 7. The van der Waals surface area contributed by atoms with Crippen molar-refractivity contribution in [3.05, 3.63) is 345 Å². The molecule has 0 N–H and O–H groups in total. The van der Waals surface area contributed by atoms with Crippen molar-refractivity contribution in [3.8, 4) is 0 Å². The first-order valence-corrected chi connectivity index (χ1v) is 32.6. The molecular weight excluding hydrogens is 1200 g/mol. The van der Waals surface area contributed by atoms with Crippen molar-refractivity contribution < 1.29 is 0 Å². The van der Waals surface area contributed by atoms with Gasteiger partial charge in [-0.2, -0.15) is 0 Å². The van der Waals surface area contributed by atoms with Crippen LogP contribution in [0.3, 0.4) is 0 Å². The van der Waals surface area contributed by atoms with Crippen LogP contribution in [0.2, 0.25) is 0 Å². The summed E-state index contributed by atoms with van der Waals surface area (Å²) in [5.74, 6) is 0. The first kappa shape index (κ1) is 67.0. The van der Waals surface area contributed by atoms with Crippen molar-refractivity contribution in [2.24, 2.45) is 35.2 Å².